The van der Waals surface area contributed by atoms with Gasteiger partial charge < -0.3 is 14.2 Å². The van der Waals surface area contributed by atoms with Gasteiger partial charge in [-0.3, -0.25) is 4.79 Å². The number of likely N-dealkylation sites (tertiary alicyclic amines) is 1. The standard InChI is InChI=1S/C15H15BrN4O3/c16-10-6-17-15(18-7-10)22-11-3-4-20(8-11)14(21)12-5-13(23-19-12)9-1-2-9/h5-7,9,11H,1-4,8H2. The Morgan fingerprint density at radius 3 is 2.83 bits per heavy atom. The molecule has 2 aliphatic rings. The number of hydrogen-bond acceptors (Lipinski definition) is 6. The minimum absolute atomic E-state index is 0.102. The van der Waals surface area contributed by atoms with Gasteiger partial charge in [0.25, 0.3) is 5.91 Å². The number of carbonyl (C=O) groups excluding carboxylic acids is 1. The van der Waals surface area contributed by atoms with E-state index < -0.39 is 0 Å². The van der Waals surface area contributed by atoms with E-state index in [-0.39, 0.29) is 12.0 Å². The van der Waals surface area contributed by atoms with Crippen molar-refractivity contribution in [2.75, 3.05) is 13.1 Å². The molecule has 1 unspecified atom stereocenters. The van der Waals surface area contributed by atoms with Crippen LogP contribution in [-0.2, 0) is 0 Å². The van der Waals surface area contributed by atoms with E-state index in [0.29, 0.717) is 30.7 Å². The van der Waals surface area contributed by atoms with Crippen molar-refractivity contribution in [1.82, 2.24) is 20.0 Å². The fraction of sp³-hybridized carbons (Fsp3) is 0.467. The average Bonchev–Trinajstić information content (AvgIpc) is 3.11. The minimum atomic E-state index is -0.108. The number of ether oxygens (including phenoxy) is 1. The van der Waals surface area contributed by atoms with Crippen LogP contribution in [0.15, 0.2) is 27.5 Å². The molecule has 120 valence electrons. The highest BCUT2D eigenvalue weighted by Crippen LogP contribution is 2.40. The first-order valence-corrected chi connectivity index (χ1v) is 8.38. The summed E-state index contributed by atoms with van der Waals surface area (Å²) in [6.07, 6.45) is 6.16. The van der Waals surface area contributed by atoms with Crippen molar-refractivity contribution in [3.63, 3.8) is 0 Å². The molecule has 1 amide bonds. The van der Waals surface area contributed by atoms with Crippen LogP contribution >= 0.6 is 15.9 Å². The van der Waals surface area contributed by atoms with Crippen LogP contribution in [0.1, 0.15) is 41.4 Å². The van der Waals surface area contributed by atoms with Crippen LogP contribution in [0.3, 0.4) is 0 Å². The number of rotatable bonds is 4. The summed E-state index contributed by atoms with van der Waals surface area (Å²) in [6.45, 7) is 1.13. The molecule has 0 bridgehead atoms. The van der Waals surface area contributed by atoms with Crippen LogP contribution in [0.4, 0.5) is 0 Å². The summed E-state index contributed by atoms with van der Waals surface area (Å²) in [5.74, 6) is 1.17. The average molecular weight is 379 g/mol. The summed E-state index contributed by atoms with van der Waals surface area (Å²) in [7, 11) is 0. The van der Waals surface area contributed by atoms with E-state index in [0.717, 1.165) is 29.5 Å². The SMILES string of the molecule is O=C(c1cc(C2CC2)on1)N1CCC(Oc2ncc(Br)cn2)C1. The summed E-state index contributed by atoms with van der Waals surface area (Å²) in [4.78, 5) is 22.4. The normalized spacial score (nSPS) is 20.7. The Balaban J connectivity index is 1.37. The van der Waals surface area contributed by atoms with Crippen molar-refractivity contribution >= 4 is 21.8 Å². The third kappa shape index (κ3) is 3.21. The topological polar surface area (TPSA) is 81.4 Å². The third-order valence-electron chi connectivity index (χ3n) is 4.03. The maximum Gasteiger partial charge on any atom is 0.316 e. The highest BCUT2D eigenvalue weighted by molar-refractivity contribution is 9.10. The van der Waals surface area contributed by atoms with Crippen LogP contribution in [0.5, 0.6) is 6.01 Å². The molecule has 1 saturated heterocycles. The van der Waals surface area contributed by atoms with Gasteiger partial charge in [0, 0.05) is 37.3 Å². The van der Waals surface area contributed by atoms with Gasteiger partial charge in [-0.15, -0.1) is 0 Å². The highest BCUT2D eigenvalue weighted by atomic mass is 79.9. The van der Waals surface area contributed by atoms with Crippen molar-refractivity contribution in [3.05, 3.63) is 34.4 Å². The van der Waals surface area contributed by atoms with E-state index in [1.807, 2.05) is 0 Å². The number of hydrogen-bond donors (Lipinski definition) is 0. The first-order valence-electron chi connectivity index (χ1n) is 7.59. The van der Waals surface area contributed by atoms with Crippen molar-refractivity contribution in [2.24, 2.45) is 0 Å². The largest absolute Gasteiger partial charge is 0.458 e. The lowest BCUT2D eigenvalue weighted by molar-refractivity contribution is 0.0759. The smallest absolute Gasteiger partial charge is 0.316 e. The van der Waals surface area contributed by atoms with Gasteiger partial charge in [0.05, 0.1) is 11.0 Å². The fourth-order valence-corrected chi connectivity index (χ4v) is 2.84. The summed E-state index contributed by atoms with van der Waals surface area (Å²) >= 11 is 3.28. The summed E-state index contributed by atoms with van der Waals surface area (Å²) < 4.78 is 11.8. The second-order valence-corrected chi connectivity index (χ2v) is 6.77. The lowest BCUT2D eigenvalue weighted by atomic mass is 10.2. The lowest BCUT2D eigenvalue weighted by Gasteiger charge is -2.15. The van der Waals surface area contributed by atoms with Gasteiger partial charge in [0.15, 0.2) is 5.69 Å². The molecule has 23 heavy (non-hydrogen) atoms. The Kier molecular flexibility index (Phi) is 3.76. The molecule has 8 heteroatoms. The maximum atomic E-state index is 12.5. The van der Waals surface area contributed by atoms with E-state index in [2.05, 4.69) is 31.1 Å². The molecule has 0 spiro atoms. The molecule has 0 aromatic carbocycles. The molecule has 1 aliphatic carbocycles. The van der Waals surface area contributed by atoms with E-state index in [1.54, 1.807) is 23.4 Å². The highest BCUT2D eigenvalue weighted by Gasteiger charge is 2.33. The van der Waals surface area contributed by atoms with Crippen LogP contribution in [-0.4, -0.2) is 45.1 Å². The Bertz CT molecular complexity index is 714. The van der Waals surface area contributed by atoms with Gasteiger partial charge in [-0.1, -0.05) is 5.16 Å². The van der Waals surface area contributed by atoms with Gasteiger partial charge in [-0.05, 0) is 28.8 Å². The Morgan fingerprint density at radius 2 is 2.09 bits per heavy atom. The van der Waals surface area contributed by atoms with Crippen molar-refractivity contribution in [1.29, 1.82) is 0 Å². The van der Waals surface area contributed by atoms with Gasteiger partial charge in [0.1, 0.15) is 11.9 Å². The molecule has 2 aromatic heterocycles. The molecule has 1 atom stereocenters. The third-order valence-corrected chi connectivity index (χ3v) is 4.44. The molecule has 4 rings (SSSR count). The zero-order chi connectivity index (χ0) is 15.8. The minimum Gasteiger partial charge on any atom is -0.458 e. The van der Waals surface area contributed by atoms with Crippen LogP contribution in [0.25, 0.3) is 0 Å². The van der Waals surface area contributed by atoms with Crippen LogP contribution in [0, 0.1) is 0 Å². The molecule has 0 radical (unpaired) electrons. The number of amides is 1. The first-order chi connectivity index (χ1) is 11.2. The Morgan fingerprint density at radius 1 is 1.30 bits per heavy atom. The molecule has 7 nitrogen and oxygen atoms in total. The molecule has 2 fully saturated rings. The zero-order valence-electron chi connectivity index (χ0n) is 12.3. The van der Waals surface area contributed by atoms with Gasteiger partial charge in [-0.2, -0.15) is 0 Å². The predicted octanol–water partition coefficient (Wildman–Crippen LogP) is 2.40. The Hall–Kier alpha value is -1.96. The predicted molar refractivity (Wildman–Crippen MR) is 83.1 cm³/mol. The number of aromatic nitrogens is 3. The molecular formula is C15H15BrN4O3. The molecular weight excluding hydrogens is 364 g/mol. The quantitative estimate of drug-likeness (QED) is 0.812. The van der Waals surface area contributed by atoms with Crippen molar-refractivity contribution in [2.45, 2.75) is 31.3 Å². The first kappa shape index (κ1) is 14.6. The number of halogens is 1. The number of carbonyl (C=O) groups is 1. The molecule has 0 N–H and O–H groups in total. The molecule has 2 aromatic rings. The Labute approximate surface area is 141 Å². The fourth-order valence-electron chi connectivity index (χ4n) is 2.63. The van der Waals surface area contributed by atoms with Gasteiger partial charge in [-0.25, -0.2) is 9.97 Å². The molecule has 1 aliphatic heterocycles. The maximum absolute atomic E-state index is 12.5. The zero-order valence-corrected chi connectivity index (χ0v) is 13.9. The van der Waals surface area contributed by atoms with E-state index >= 15 is 0 Å². The summed E-state index contributed by atoms with van der Waals surface area (Å²) in [5.41, 5.74) is 0.382. The summed E-state index contributed by atoms with van der Waals surface area (Å²) in [6, 6.07) is 2.09. The second-order valence-electron chi connectivity index (χ2n) is 5.85. The van der Waals surface area contributed by atoms with Crippen molar-refractivity contribution < 1.29 is 14.1 Å². The lowest BCUT2D eigenvalue weighted by Crippen LogP contribution is -2.31. The molecule has 1 saturated carbocycles. The van der Waals surface area contributed by atoms with Gasteiger partial charge >= 0.3 is 6.01 Å². The van der Waals surface area contributed by atoms with E-state index in [9.17, 15) is 4.79 Å². The second kappa shape index (κ2) is 5.92. The van der Waals surface area contributed by atoms with Crippen LogP contribution < -0.4 is 4.74 Å². The molecule has 3 heterocycles. The van der Waals surface area contributed by atoms with Crippen molar-refractivity contribution in [3.8, 4) is 6.01 Å². The number of nitrogens with zero attached hydrogens (tertiary/aromatic N) is 4. The van der Waals surface area contributed by atoms with E-state index in [1.165, 1.54) is 0 Å². The monoisotopic (exact) mass is 378 g/mol. The van der Waals surface area contributed by atoms with Gasteiger partial charge in [0.2, 0.25) is 0 Å². The summed E-state index contributed by atoms with van der Waals surface area (Å²) in [5, 5.41) is 3.90. The van der Waals surface area contributed by atoms with E-state index in [4.69, 9.17) is 9.26 Å². The van der Waals surface area contributed by atoms with Crippen LogP contribution in [0.2, 0.25) is 0 Å².